The van der Waals surface area contributed by atoms with Crippen LogP contribution in [0.1, 0.15) is 11.3 Å². The van der Waals surface area contributed by atoms with Crippen LogP contribution < -0.4 is 10.2 Å². The zero-order valence-electron chi connectivity index (χ0n) is 12.4. The smallest absolute Gasteiger partial charge is 0.229 e. The molecule has 0 bridgehead atoms. The zero-order chi connectivity index (χ0) is 15.4. The Labute approximate surface area is 129 Å². The Hall–Kier alpha value is -2.65. The number of ether oxygens (including phenoxy) is 1. The van der Waals surface area contributed by atoms with Gasteiger partial charge in [-0.05, 0) is 25.1 Å². The first kappa shape index (κ1) is 14.3. The lowest BCUT2D eigenvalue weighted by atomic mass is 10.2. The van der Waals surface area contributed by atoms with E-state index in [1.54, 1.807) is 12.1 Å². The van der Waals surface area contributed by atoms with Crippen molar-refractivity contribution < 1.29 is 4.74 Å². The van der Waals surface area contributed by atoms with Crippen molar-refractivity contribution >= 4 is 17.5 Å². The van der Waals surface area contributed by atoms with E-state index in [4.69, 9.17) is 10.00 Å². The van der Waals surface area contributed by atoms with Crippen molar-refractivity contribution in [2.45, 2.75) is 6.92 Å². The highest BCUT2D eigenvalue weighted by Gasteiger charge is 2.14. The van der Waals surface area contributed by atoms with Crippen molar-refractivity contribution in [2.75, 3.05) is 36.5 Å². The van der Waals surface area contributed by atoms with Crippen molar-refractivity contribution in [3.8, 4) is 6.07 Å². The average molecular weight is 295 g/mol. The third kappa shape index (κ3) is 3.32. The van der Waals surface area contributed by atoms with Gasteiger partial charge >= 0.3 is 0 Å². The molecule has 0 saturated carbocycles. The van der Waals surface area contributed by atoms with E-state index in [2.05, 4.69) is 26.3 Å². The fourth-order valence-corrected chi connectivity index (χ4v) is 2.36. The number of morpholine rings is 1. The van der Waals surface area contributed by atoms with E-state index in [0.29, 0.717) is 11.5 Å². The van der Waals surface area contributed by atoms with Crippen LogP contribution >= 0.6 is 0 Å². The minimum atomic E-state index is 0.539. The van der Waals surface area contributed by atoms with Gasteiger partial charge in [-0.1, -0.05) is 6.07 Å². The number of rotatable bonds is 3. The van der Waals surface area contributed by atoms with Gasteiger partial charge in [-0.25, -0.2) is 4.98 Å². The molecule has 1 saturated heterocycles. The molecular formula is C16H17N5O. The second-order valence-corrected chi connectivity index (χ2v) is 5.11. The summed E-state index contributed by atoms with van der Waals surface area (Å²) in [5.74, 6) is 1.44. The van der Waals surface area contributed by atoms with Gasteiger partial charge in [0.1, 0.15) is 5.82 Å². The maximum atomic E-state index is 8.96. The van der Waals surface area contributed by atoms with Crippen LogP contribution in [0.2, 0.25) is 0 Å². The molecule has 0 spiro atoms. The summed E-state index contributed by atoms with van der Waals surface area (Å²) in [6, 6.07) is 11.4. The molecule has 112 valence electrons. The Morgan fingerprint density at radius 1 is 1.23 bits per heavy atom. The van der Waals surface area contributed by atoms with E-state index in [1.165, 1.54) is 0 Å². The Balaban J connectivity index is 1.84. The number of nitrogens with one attached hydrogen (secondary N) is 1. The first-order valence-corrected chi connectivity index (χ1v) is 7.20. The summed E-state index contributed by atoms with van der Waals surface area (Å²) in [6.45, 7) is 5.05. The second kappa shape index (κ2) is 6.41. The van der Waals surface area contributed by atoms with Gasteiger partial charge in [0.15, 0.2) is 0 Å². The Kier molecular flexibility index (Phi) is 4.17. The van der Waals surface area contributed by atoms with Crippen LogP contribution in [0.4, 0.5) is 17.5 Å². The summed E-state index contributed by atoms with van der Waals surface area (Å²) in [5.41, 5.74) is 2.30. The number of aromatic nitrogens is 2. The Bertz CT molecular complexity index is 704. The van der Waals surface area contributed by atoms with E-state index in [9.17, 15) is 0 Å². The zero-order valence-corrected chi connectivity index (χ0v) is 12.4. The maximum absolute atomic E-state index is 8.96. The van der Waals surface area contributed by atoms with Crippen LogP contribution in [0, 0.1) is 18.3 Å². The topological polar surface area (TPSA) is 74.1 Å². The van der Waals surface area contributed by atoms with E-state index in [1.807, 2.05) is 25.1 Å². The molecule has 1 aromatic carbocycles. The number of nitrogens with zero attached hydrogens (tertiary/aromatic N) is 4. The normalized spacial score (nSPS) is 14.5. The predicted molar refractivity (Wildman–Crippen MR) is 84.2 cm³/mol. The van der Waals surface area contributed by atoms with E-state index < -0.39 is 0 Å². The van der Waals surface area contributed by atoms with Gasteiger partial charge in [0.2, 0.25) is 5.95 Å². The van der Waals surface area contributed by atoms with Crippen LogP contribution in [0.15, 0.2) is 30.3 Å². The van der Waals surface area contributed by atoms with Gasteiger partial charge in [-0.3, -0.25) is 0 Å². The molecule has 0 atom stereocenters. The lowest BCUT2D eigenvalue weighted by Gasteiger charge is -2.28. The third-order valence-electron chi connectivity index (χ3n) is 3.42. The standard InChI is InChI=1S/C16H17N5O/c1-12-9-15(21-5-7-22-8-6-21)20-16(18-12)19-14-4-2-3-13(10-14)11-17/h2-4,9-10H,5-8H2,1H3,(H,18,19,20). The first-order valence-electron chi connectivity index (χ1n) is 7.20. The summed E-state index contributed by atoms with van der Waals surface area (Å²) in [6.07, 6.45) is 0. The van der Waals surface area contributed by atoms with Gasteiger partial charge in [0, 0.05) is 30.5 Å². The van der Waals surface area contributed by atoms with Gasteiger partial charge < -0.3 is 15.0 Å². The molecule has 0 radical (unpaired) electrons. The largest absolute Gasteiger partial charge is 0.378 e. The minimum absolute atomic E-state index is 0.539. The summed E-state index contributed by atoms with van der Waals surface area (Å²) in [5, 5.41) is 12.1. The first-order chi connectivity index (χ1) is 10.7. The number of benzene rings is 1. The maximum Gasteiger partial charge on any atom is 0.229 e. The van der Waals surface area contributed by atoms with Gasteiger partial charge in [-0.15, -0.1) is 0 Å². The summed E-state index contributed by atoms with van der Waals surface area (Å²) < 4.78 is 5.37. The van der Waals surface area contributed by atoms with Crippen molar-refractivity contribution in [2.24, 2.45) is 0 Å². The number of nitriles is 1. The average Bonchev–Trinajstić information content (AvgIpc) is 2.55. The van der Waals surface area contributed by atoms with Crippen LogP contribution in [0.5, 0.6) is 0 Å². The third-order valence-corrected chi connectivity index (χ3v) is 3.42. The molecule has 1 aliphatic rings. The van der Waals surface area contributed by atoms with Crippen molar-refractivity contribution in [3.05, 3.63) is 41.6 Å². The molecule has 6 heteroatoms. The lowest BCUT2D eigenvalue weighted by Crippen LogP contribution is -2.36. The van der Waals surface area contributed by atoms with Crippen LogP contribution in [-0.4, -0.2) is 36.3 Å². The number of hydrogen-bond donors (Lipinski definition) is 1. The van der Waals surface area contributed by atoms with Gasteiger partial charge in [0.05, 0.1) is 24.8 Å². The Morgan fingerprint density at radius 2 is 2.05 bits per heavy atom. The van der Waals surface area contributed by atoms with E-state index in [-0.39, 0.29) is 0 Å². The number of aryl methyl sites for hydroxylation is 1. The highest BCUT2D eigenvalue weighted by atomic mass is 16.5. The summed E-state index contributed by atoms with van der Waals surface area (Å²) >= 11 is 0. The fraction of sp³-hybridized carbons (Fsp3) is 0.312. The fourth-order valence-electron chi connectivity index (χ4n) is 2.36. The molecule has 2 aromatic rings. The van der Waals surface area contributed by atoms with Crippen LogP contribution in [0.25, 0.3) is 0 Å². The highest BCUT2D eigenvalue weighted by Crippen LogP contribution is 2.19. The molecule has 1 aromatic heterocycles. The molecule has 6 nitrogen and oxygen atoms in total. The number of anilines is 3. The molecule has 0 unspecified atom stereocenters. The molecule has 3 rings (SSSR count). The Morgan fingerprint density at radius 3 is 2.82 bits per heavy atom. The van der Waals surface area contributed by atoms with Crippen molar-refractivity contribution in [1.29, 1.82) is 5.26 Å². The van der Waals surface area contributed by atoms with Crippen molar-refractivity contribution in [3.63, 3.8) is 0 Å². The second-order valence-electron chi connectivity index (χ2n) is 5.11. The summed E-state index contributed by atoms with van der Waals surface area (Å²) in [4.78, 5) is 11.2. The van der Waals surface area contributed by atoms with E-state index >= 15 is 0 Å². The molecule has 1 fully saturated rings. The molecule has 22 heavy (non-hydrogen) atoms. The SMILES string of the molecule is Cc1cc(N2CCOCC2)nc(Nc2cccc(C#N)c2)n1. The molecule has 1 aliphatic heterocycles. The van der Waals surface area contributed by atoms with Gasteiger partial charge in [-0.2, -0.15) is 10.2 Å². The lowest BCUT2D eigenvalue weighted by molar-refractivity contribution is 0.122. The molecule has 0 amide bonds. The molecular weight excluding hydrogens is 278 g/mol. The van der Waals surface area contributed by atoms with Crippen LogP contribution in [-0.2, 0) is 4.74 Å². The minimum Gasteiger partial charge on any atom is -0.378 e. The molecule has 0 aliphatic carbocycles. The van der Waals surface area contributed by atoms with Crippen LogP contribution in [0.3, 0.4) is 0 Å². The molecule has 1 N–H and O–H groups in total. The predicted octanol–water partition coefficient (Wildman–Crippen LogP) is 2.24. The summed E-state index contributed by atoms with van der Waals surface area (Å²) in [7, 11) is 0. The number of hydrogen-bond acceptors (Lipinski definition) is 6. The quantitative estimate of drug-likeness (QED) is 0.936. The van der Waals surface area contributed by atoms with Crippen molar-refractivity contribution in [1.82, 2.24) is 9.97 Å². The highest BCUT2D eigenvalue weighted by molar-refractivity contribution is 5.58. The molecule has 2 heterocycles. The van der Waals surface area contributed by atoms with E-state index in [0.717, 1.165) is 43.5 Å². The monoisotopic (exact) mass is 295 g/mol. The van der Waals surface area contributed by atoms with Gasteiger partial charge in [0.25, 0.3) is 0 Å².